The molecule has 0 bridgehead atoms. The van der Waals surface area contributed by atoms with E-state index in [0.717, 1.165) is 32.0 Å². The van der Waals surface area contributed by atoms with E-state index in [-0.39, 0.29) is 0 Å². The number of unbranched alkanes of at least 4 members (excludes halogenated alkanes) is 9. The smallest absolute Gasteiger partial charge is 0.152 e. The van der Waals surface area contributed by atoms with Crippen molar-refractivity contribution in [1.82, 2.24) is 10.2 Å². The third-order valence-corrected chi connectivity index (χ3v) is 7.00. The molecule has 4 heteroatoms. The number of nitrogens with one attached hydrogen (secondary N) is 1. The van der Waals surface area contributed by atoms with Gasteiger partial charge in [-0.05, 0) is 18.8 Å². The van der Waals surface area contributed by atoms with E-state index in [2.05, 4.69) is 47.5 Å². The summed E-state index contributed by atoms with van der Waals surface area (Å²) in [4.78, 5) is 12.5. The lowest BCUT2D eigenvalue weighted by molar-refractivity contribution is 0.360. The molecule has 2 aliphatic heterocycles. The fraction of sp³-hybridized carbons (Fsp3) is 0.692. The molecule has 3 atom stereocenters. The van der Waals surface area contributed by atoms with Crippen LogP contribution in [0.4, 0.5) is 0 Å². The first-order valence-corrected chi connectivity index (χ1v) is 12.5. The standard InChI is InChI=1S/C26H40N4/c1-2-3-4-5-6-7-8-9-10-13-16-30-25-18-22-15-12-11-14-21(22)17-23(25)29-24-19-27-20-28-26(24)30/h11-12,14-15,18,21-23,27H,2-10,13,16-17,19-20H2,1H3. The summed E-state index contributed by atoms with van der Waals surface area (Å²) in [6.07, 6.45) is 26.5. The van der Waals surface area contributed by atoms with Crippen LogP contribution in [-0.2, 0) is 0 Å². The molecule has 0 radical (unpaired) electrons. The first-order valence-electron chi connectivity index (χ1n) is 12.5. The molecule has 3 unspecified atom stereocenters. The first kappa shape index (κ1) is 21.5. The van der Waals surface area contributed by atoms with Crippen LogP contribution in [0.2, 0.25) is 0 Å². The molecule has 0 saturated heterocycles. The average molecular weight is 409 g/mol. The van der Waals surface area contributed by atoms with Gasteiger partial charge in [0, 0.05) is 24.7 Å². The average Bonchev–Trinajstić information content (AvgIpc) is 2.78. The van der Waals surface area contributed by atoms with Gasteiger partial charge in [-0.2, -0.15) is 0 Å². The zero-order valence-corrected chi connectivity index (χ0v) is 18.9. The number of rotatable bonds is 11. The largest absolute Gasteiger partial charge is 0.327 e. The molecule has 0 saturated carbocycles. The maximum absolute atomic E-state index is 5.12. The highest BCUT2D eigenvalue weighted by molar-refractivity contribution is 6.43. The van der Waals surface area contributed by atoms with Gasteiger partial charge >= 0.3 is 0 Å². The van der Waals surface area contributed by atoms with Crippen molar-refractivity contribution >= 4 is 11.5 Å². The molecule has 0 amide bonds. The van der Waals surface area contributed by atoms with E-state index < -0.39 is 0 Å². The topological polar surface area (TPSA) is 40.0 Å². The Morgan fingerprint density at radius 2 is 1.70 bits per heavy atom. The Balaban J connectivity index is 1.30. The van der Waals surface area contributed by atoms with Crippen LogP contribution in [-0.4, -0.2) is 42.2 Å². The second-order valence-electron chi connectivity index (χ2n) is 9.33. The Kier molecular flexibility index (Phi) is 7.96. The van der Waals surface area contributed by atoms with Gasteiger partial charge in [-0.3, -0.25) is 15.3 Å². The maximum atomic E-state index is 5.12. The Bertz CT molecular complexity index is 715. The number of fused-ring (bicyclic) bond motifs is 3. The second-order valence-corrected chi connectivity index (χ2v) is 9.33. The van der Waals surface area contributed by atoms with E-state index in [1.165, 1.54) is 75.6 Å². The lowest BCUT2D eigenvalue weighted by Gasteiger charge is -2.43. The Hall–Kier alpha value is -1.68. The Morgan fingerprint density at radius 1 is 0.967 bits per heavy atom. The monoisotopic (exact) mass is 408 g/mol. The third-order valence-electron chi connectivity index (χ3n) is 7.00. The summed E-state index contributed by atoms with van der Waals surface area (Å²) in [5, 5.41) is 3.38. The van der Waals surface area contributed by atoms with Gasteiger partial charge in [-0.1, -0.05) is 95.1 Å². The highest BCUT2D eigenvalue weighted by Gasteiger charge is 2.38. The third kappa shape index (κ3) is 5.32. The normalized spacial score (nSPS) is 27.0. The van der Waals surface area contributed by atoms with Crippen LogP contribution in [0.1, 0.15) is 77.6 Å². The summed E-state index contributed by atoms with van der Waals surface area (Å²) in [6, 6.07) is 0.305. The molecule has 2 heterocycles. The lowest BCUT2D eigenvalue weighted by atomic mass is 9.77. The Morgan fingerprint density at radius 3 is 2.50 bits per heavy atom. The van der Waals surface area contributed by atoms with Crippen LogP contribution in [0, 0.1) is 11.8 Å². The van der Waals surface area contributed by atoms with Crippen LogP contribution < -0.4 is 5.32 Å². The maximum Gasteiger partial charge on any atom is 0.152 e. The van der Waals surface area contributed by atoms with Crippen LogP contribution in [0.25, 0.3) is 0 Å². The van der Waals surface area contributed by atoms with E-state index in [9.17, 15) is 0 Å². The van der Waals surface area contributed by atoms with Crippen LogP contribution in [0.15, 0.2) is 46.1 Å². The summed E-state index contributed by atoms with van der Waals surface area (Å²) in [5.74, 6) is 2.26. The number of allylic oxidation sites excluding steroid dienone is 5. The van der Waals surface area contributed by atoms with Gasteiger partial charge in [0.15, 0.2) is 5.84 Å². The van der Waals surface area contributed by atoms with Gasteiger partial charge in [0.25, 0.3) is 0 Å². The summed E-state index contributed by atoms with van der Waals surface area (Å²) in [5.41, 5.74) is 2.58. The van der Waals surface area contributed by atoms with Crippen LogP contribution in [0.5, 0.6) is 0 Å². The van der Waals surface area contributed by atoms with Gasteiger partial charge in [0.1, 0.15) is 0 Å². The molecule has 1 N–H and O–H groups in total. The number of hydrogen-bond acceptors (Lipinski definition) is 4. The van der Waals surface area contributed by atoms with Crippen molar-refractivity contribution in [3.63, 3.8) is 0 Å². The van der Waals surface area contributed by atoms with Crippen molar-refractivity contribution in [2.45, 2.75) is 83.6 Å². The van der Waals surface area contributed by atoms with Crippen molar-refractivity contribution in [2.75, 3.05) is 19.8 Å². The molecular formula is C26H40N4. The van der Waals surface area contributed by atoms with Crippen LogP contribution >= 0.6 is 0 Å². The van der Waals surface area contributed by atoms with Gasteiger partial charge in [0.05, 0.1) is 18.4 Å². The van der Waals surface area contributed by atoms with Gasteiger partial charge < -0.3 is 4.90 Å². The number of amidine groups is 1. The molecular weight excluding hydrogens is 368 g/mol. The summed E-state index contributed by atoms with van der Waals surface area (Å²) < 4.78 is 0. The summed E-state index contributed by atoms with van der Waals surface area (Å²) in [7, 11) is 0. The van der Waals surface area contributed by atoms with E-state index >= 15 is 0 Å². The quantitative estimate of drug-likeness (QED) is 0.450. The van der Waals surface area contributed by atoms with Crippen LogP contribution in [0.3, 0.4) is 0 Å². The SMILES string of the molecule is CCCCCCCCCCCCN1C2=CC3C=CC=CC3CC2N=C2CNCN=C21. The molecule has 4 nitrogen and oxygen atoms in total. The molecule has 0 aromatic heterocycles. The zero-order chi connectivity index (χ0) is 20.6. The molecule has 0 spiro atoms. The second kappa shape index (κ2) is 11.1. The van der Waals surface area contributed by atoms with E-state index in [1.807, 2.05) is 0 Å². The summed E-state index contributed by atoms with van der Waals surface area (Å²) in [6.45, 7) is 4.96. The molecule has 2 aliphatic carbocycles. The number of nitrogens with zero attached hydrogens (tertiary/aromatic N) is 3. The van der Waals surface area contributed by atoms with Crippen molar-refractivity contribution in [3.8, 4) is 0 Å². The molecule has 0 aromatic carbocycles. The minimum Gasteiger partial charge on any atom is -0.327 e. The summed E-state index contributed by atoms with van der Waals surface area (Å²) >= 11 is 0. The van der Waals surface area contributed by atoms with Gasteiger partial charge in [-0.25, -0.2) is 0 Å². The van der Waals surface area contributed by atoms with E-state index in [1.54, 1.807) is 0 Å². The minimum atomic E-state index is 0.305. The van der Waals surface area contributed by atoms with Crippen molar-refractivity contribution in [3.05, 3.63) is 36.1 Å². The van der Waals surface area contributed by atoms with Gasteiger partial charge in [-0.15, -0.1) is 0 Å². The van der Waals surface area contributed by atoms with Crippen molar-refractivity contribution < 1.29 is 0 Å². The van der Waals surface area contributed by atoms with Gasteiger partial charge in [0.2, 0.25) is 0 Å². The predicted molar refractivity (Wildman–Crippen MR) is 128 cm³/mol. The fourth-order valence-corrected chi connectivity index (χ4v) is 5.28. The zero-order valence-electron chi connectivity index (χ0n) is 18.9. The molecule has 0 fully saturated rings. The minimum absolute atomic E-state index is 0.305. The van der Waals surface area contributed by atoms with Crippen molar-refractivity contribution in [2.24, 2.45) is 21.8 Å². The lowest BCUT2D eigenvalue weighted by Crippen LogP contribution is -2.51. The number of hydrogen-bond donors (Lipinski definition) is 1. The molecule has 4 rings (SSSR count). The van der Waals surface area contributed by atoms with E-state index in [4.69, 9.17) is 9.98 Å². The Labute approximate surface area is 183 Å². The number of aliphatic imine (C=N–C) groups is 2. The fourth-order valence-electron chi connectivity index (χ4n) is 5.28. The highest BCUT2D eigenvalue weighted by atomic mass is 15.3. The molecule has 164 valence electrons. The molecule has 30 heavy (non-hydrogen) atoms. The van der Waals surface area contributed by atoms with Crippen molar-refractivity contribution in [1.29, 1.82) is 0 Å². The first-order chi connectivity index (χ1) is 14.9. The molecule has 0 aromatic rings. The predicted octanol–water partition coefficient (Wildman–Crippen LogP) is 5.64. The van der Waals surface area contributed by atoms with E-state index in [0.29, 0.717) is 17.9 Å². The highest BCUT2D eigenvalue weighted by Crippen LogP contribution is 2.38. The molecule has 4 aliphatic rings.